The lowest BCUT2D eigenvalue weighted by Gasteiger charge is -2.36. The molecule has 0 saturated carbocycles. The van der Waals surface area contributed by atoms with Crippen LogP contribution in [0.15, 0.2) is 60.7 Å². The van der Waals surface area contributed by atoms with Gasteiger partial charge in [-0.05, 0) is 72.5 Å². The number of ether oxygens (including phenoxy) is 2. The molecule has 174 valence electrons. The molecule has 0 unspecified atom stereocenters. The minimum absolute atomic E-state index is 0.173. The lowest BCUT2D eigenvalue weighted by atomic mass is 9.92. The molecule has 1 aliphatic heterocycles. The van der Waals surface area contributed by atoms with Crippen LogP contribution in [0.5, 0.6) is 11.5 Å². The van der Waals surface area contributed by atoms with Gasteiger partial charge in [-0.15, -0.1) is 0 Å². The maximum atomic E-state index is 13.6. The molecule has 1 atom stereocenters. The van der Waals surface area contributed by atoms with Gasteiger partial charge in [-0.3, -0.25) is 0 Å². The third kappa shape index (κ3) is 3.84. The number of rotatable bonds is 4. The van der Waals surface area contributed by atoms with Crippen molar-refractivity contribution in [3.63, 3.8) is 0 Å². The number of methoxy groups -OCH3 is 2. The van der Waals surface area contributed by atoms with E-state index in [1.165, 1.54) is 5.56 Å². The number of amides is 2. The SMILES string of the molecule is COc1ccc([C@H]2c3[nH]c4ccc(OC)cc4c3CCN2C(=O)Nc2cccc(Cl)c2C)cc1. The molecule has 3 aromatic carbocycles. The van der Waals surface area contributed by atoms with Crippen molar-refractivity contribution in [1.82, 2.24) is 9.88 Å². The standard InChI is InChI=1S/C27H26ClN3O3/c1-16-22(28)5-4-6-23(16)30-27(32)31-14-13-20-21-15-19(34-3)11-12-24(21)29-25(20)26(31)17-7-9-18(33-2)10-8-17/h4-12,15,26,29H,13-14H2,1-3H3,(H,30,32)/t26-/m0/s1. The second kappa shape index (κ2) is 8.95. The van der Waals surface area contributed by atoms with E-state index >= 15 is 0 Å². The van der Waals surface area contributed by atoms with Crippen LogP contribution in [0, 0.1) is 6.92 Å². The molecular formula is C27H26ClN3O3. The second-order valence-electron chi connectivity index (χ2n) is 8.39. The summed E-state index contributed by atoms with van der Waals surface area (Å²) in [5.74, 6) is 1.58. The number of fused-ring (bicyclic) bond motifs is 3. The number of anilines is 1. The number of carbonyl (C=O) groups is 1. The molecule has 2 heterocycles. The van der Waals surface area contributed by atoms with Crippen molar-refractivity contribution in [3.8, 4) is 11.5 Å². The van der Waals surface area contributed by atoms with E-state index in [2.05, 4.69) is 16.4 Å². The number of carbonyl (C=O) groups excluding carboxylic acids is 1. The van der Waals surface area contributed by atoms with E-state index in [-0.39, 0.29) is 12.1 Å². The van der Waals surface area contributed by atoms with Crippen molar-refractivity contribution in [3.05, 3.63) is 88.1 Å². The van der Waals surface area contributed by atoms with E-state index in [9.17, 15) is 4.79 Å². The first kappa shape index (κ1) is 22.2. The summed E-state index contributed by atoms with van der Waals surface area (Å²) in [6.07, 6.45) is 0.733. The first-order chi connectivity index (χ1) is 16.5. The first-order valence-corrected chi connectivity index (χ1v) is 11.5. The number of halogens is 1. The van der Waals surface area contributed by atoms with Crippen LogP contribution in [0.2, 0.25) is 5.02 Å². The van der Waals surface area contributed by atoms with Gasteiger partial charge in [0.25, 0.3) is 0 Å². The molecule has 0 aliphatic carbocycles. The summed E-state index contributed by atoms with van der Waals surface area (Å²) in [7, 11) is 3.32. The molecule has 5 rings (SSSR count). The minimum Gasteiger partial charge on any atom is -0.497 e. The molecule has 6 nitrogen and oxygen atoms in total. The van der Waals surface area contributed by atoms with Gasteiger partial charge in [0.15, 0.2) is 0 Å². The molecular weight excluding hydrogens is 450 g/mol. The average Bonchev–Trinajstić information content (AvgIpc) is 3.24. The van der Waals surface area contributed by atoms with Gasteiger partial charge in [0.2, 0.25) is 0 Å². The number of nitrogens with one attached hydrogen (secondary N) is 2. The van der Waals surface area contributed by atoms with E-state index in [0.717, 1.165) is 45.6 Å². The van der Waals surface area contributed by atoms with E-state index in [1.54, 1.807) is 14.2 Å². The van der Waals surface area contributed by atoms with Gasteiger partial charge in [-0.2, -0.15) is 0 Å². The zero-order valence-corrected chi connectivity index (χ0v) is 20.1. The normalized spacial score (nSPS) is 15.2. The Hall–Kier alpha value is -3.64. The predicted molar refractivity (Wildman–Crippen MR) is 135 cm³/mol. The molecule has 0 spiro atoms. The fourth-order valence-electron chi connectivity index (χ4n) is 4.68. The maximum absolute atomic E-state index is 13.6. The van der Waals surface area contributed by atoms with Crippen LogP contribution in [0.25, 0.3) is 10.9 Å². The Morgan fingerprint density at radius 3 is 2.53 bits per heavy atom. The molecule has 1 aliphatic rings. The Morgan fingerprint density at radius 1 is 1.06 bits per heavy atom. The van der Waals surface area contributed by atoms with E-state index in [4.69, 9.17) is 21.1 Å². The van der Waals surface area contributed by atoms with E-state index in [1.807, 2.05) is 66.4 Å². The summed E-state index contributed by atoms with van der Waals surface area (Å²) >= 11 is 6.28. The molecule has 0 bridgehead atoms. The van der Waals surface area contributed by atoms with Gasteiger partial charge >= 0.3 is 6.03 Å². The number of nitrogens with zero attached hydrogens (tertiary/aromatic N) is 1. The predicted octanol–water partition coefficient (Wildman–Crippen LogP) is 6.33. The molecule has 7 heteroatoms. The Bertz CT molecular complexity index is 1360. The van der Waals surface area contributed by atoms with Crippen molar-refractivity contribution in [1.29, 1.82) is 0 Å². The van der Waals surface area contributed by atoms with Gasteiger partial charge < -0.3 is 24.7 Å². The quantitative estimate of drug-likeness (QED) is 0.362. The minimum atomic E-state index is -0.285. The Labute approximate surface area is 203 Å². The van der Waals surface area contributed by atoms with Crippen LogP contribution in [-0.4, -0.2) is 36.7 Å². The number of aromatic nitrogens is 1. The zero-order valence-electron chi connectivity index (χ0n) is 19.3. The summed E-state index contributed by atoms with van der Waals surface area (Å²) in [5, 5.41) is 4.81. The van der Waals surface area contributed by atoms with Crippen molar-refractivity contribution in [2.75, 3.05) is 26.1 Å². The fraction of sp³-hybridized carbons (Fsp3) is 0.222. The van der Waals surface area contributed by atoms with Crippen molar-refractivity contribution in [2.45, 2.75) is 19.4 Å². The van der Waals surface area contributed by atoms with Crippen LogP contribution in [0.1, 0.15) is 28.4 Å². The summed E-state index contributed by atoms with van der Waals surface area (Å²) in [5.41, 5.74) is 5.79. The highest BCUT2D eigenvalue weighted by atomic mass is 35.5. The van der Waals surface area contributed by atoms with E-state index < -0.39 is 0 Å². The summed E-state index contributed by atoms with van der Waals surface area (Å²) in [4.78, 5) is 19.0. The summed E-state index contributed by atoms with van der Waals surface area (Å²) < 4.78 is 10.8. The number of hydrogen-bond acceptors (Lipinski definition) is 3. The third-order valence-corrected chi connectivity index (χ3v) is 6.95. The van der Waals surface area contributed by atoms with Crippen molar-refractivity contribution >= 4 is 34.2 Å². The number of H-pyrrole nitrogens is 1. The van der Waals surface area contributed by atoms with E-state index in [0.29, 0.717) is 17.3 Å². The van der Waals surface area contributed by atoms with Crippen LogP contribution in [0.3, 0.4) is 0 Å². The monoisotopic (exact) mass is 475 g/mol. The highest BCUT2D eigenvalue weighted by Crippen LogP contribution is 2.40. The Balaban J connectivity index is 1.59. The molecule has 2 N–H and O–H groups in total. The highest BCUT2D eigenvalue weighted by molar-refractivity contribution is 6.31. The molecule has 4 aromatic rings. The molecule has 2 amide bonds. The Morgan fingerprint density at radius 2 is 1.79 bits per heavy atom. The number of urea groups is 1. The molecule has 34 heavy (non-hydrogen) atoms. The number of aromatic amines is 1. The maximum Gasteiger partial charge on any atom is 0.322 e. The van der Waals surface area contributed by atoms with Gasteiger partial charge in [0.05, 0.1) is 20.3 Å². The topological polar surface area (TPSA) is 66.6 Å². The molecule has 0 radical (unpaired) electrons. The van der Waals surface area contributed by atoms with Gasteiger partial charge in [0.1, 0.15) is 11.5 Å². The molecule has 0 fully saturated rings. The third-order valence-electron chi connectivity index (χ3n) is 6.54. The van der Waals surface area contributed by atoms with Crippen LogP contribution in [0.4, 0.5) is 10.5 Å². The molecule has 1 aromatic heterocycles. The van der Waals surface area contributed by atoms with Crippen LogP contribution < -0.4 is 14.8 Å². The lowest BCUT2D eigenvalue weighted by molar-refractivity contribution is 0.193. The van der Waals surface area contributed by atoms with Crippen molar-refractivity contribution < 1.29 is 14.3 Å². The lowest BCUT2D eigenvalue weighted by Crippen LogP contribution is -2.43. The Kier molecular flexibility index (Phi) is 5.84. The van der Waals surface area contributed by atoms with Crippen molar-refractivity contribution in [2.24, 2.45) is 0 Å². The van der Waals surface area contributed by atoms with Crippen LogP contribution >= 0.6 is 11.6 Å². The van der Waals surface area contributed by atoms with Gasteiger partial charge in [0, 0.05) is 33.9 Å². The summed E-state index contributed by atoms with van der Waals surface area (Å²) in [6.45, 7) is 2.47. The smallest absolute Gasteiger partial charge is 0.322 e. The average molecular weight is 476 g/mol. The summed E-state index contributed by atoms with van der Waals surface area (Å²) in [6, 6.07) is 19.0. The van der Waals surface area contributed by atoms with Crippen LogP contribution in [-0.2, 0) is 6.42 Å². The second-order valence-corrected chi connectivity index (χ2v) is 8.80. The first-order valence-electron chi connectivity index (χ1n) is 11.2. The fourth-order valence-corrected chi connectivity index (χ4v) is 4.85. The number of benzene rings is 3. The molecule has 0 saturated heterocycles. The highest BCUT2D eigenvalue weighted by Gasteiger charge is 2.35. The number of hydrogen-bond donors (Lipinski definition) is 2. The zero-order chi connectivity index (χ0) is 23.8. The van der Waals surface area contributed by atoms with Gasteiger partial charge in [-0.25, -0.2) is 4.79 Å². The van der Waals surface area contributed by atoms with Gasteiger partial charge in [-0.1, -0.05) is 29.8 Å². The largest absolute Gasteiger partial charge is 0.497 e.